The molecule has 2 aliphatic rings. The average molecular weight is 288 g/mol. The Bertz CT molecular complexity index is 544. The largest absolute Gasteiger partial charge is 0.378 e. The van der Waals surface area contributed by atoms with Gasteiger partial charge in [0.1, 0.15) is 0 Å². The molecule has 1 aromatic carbocycles. The van der Waals surface area contributed by atoms with Gasteiger partial charge in [-0.1, -0.05) is 19.1 Å². The number of hydrogen-bond acceptors (Lipinski definition) is 3. The van der Waals surface area contributed by atoms with Crippen LogP contribution in [0.3, 0.4) is 0 Å². The maximum Gasteiger partial charge on any atom is 0.231 e. The van der Waals surface area contributed by atoms with Gasteiger partial charge in [0.2, 0.25) is 5.91 Å². The lowest BCUT2D eigenvalue weighted by Gasteiger charge is -2.27. The molecule has 4 heteroatoms. The number of ether oxygens (including phenoxy) is 1. The summed E-state index contributed by atoms with van der Waals surface area (Å²) < 4.78 is 5.74. The molecule has 1 fully saturated rings. The first-order valence-corrected chi connectivity index (χ1v) is 7.86. The molecule has 2 heterocycles. The van der Waals surface area contributed by atoms with Crippen molar-refractivity contribution in [3.8, 4) is 0 Å². The van der Waals surface area contributed by atoms with E-state index in [-0.39, 0.29) is 12.0 Å². The molecule has 1 saturated heterocycles. The van der Waals surface area contributed by atoms with Crippen LogP contribution in [0.1, 0.15) is 37.4 Å². The quantitative estimate of drug-likeness (QED) is 0.924. The summed E-state index contributed by atoms with van der Waals surface area (Å²) in [6, 6.07) is 6.75. The molecule has 1 N–H and O–H groups in total. The van der Waals surface area contributed by atoms with E-state index in [0.29, 0.717) is 18.4 Å². The van der Waals surface area contributed by atoms with Gasteiger partial charge < -0.3 is 15.0 Å². The molecule has 0 aromatic heterocycles. The first-order valence-electron chi connectivity index (χ1n) is 7.86. The second-order valence-corrected chi connectivity index (χ2v) is 6.08. The van der Waals surface area contributed by atoms with Crippen LogP contribution in [0, 0.1) is 5.92 Å². The van der Waals surface area contributed by atoms with Gasteiger partial charge in [-0.05, 0) is 37.1 Å². The highest BCUT2D eigenvalue weighted by molar-refractivity contribution is 6.00. The van der Waals surface area contributed by atoms with E-state index in [9.17, 15) is 4.79 Å². The Morgan fingerprint density at radius 2 is 2.29 bits per heavy atom. The molecule has 0 saturated carbocycles. The van der Waals surface area contributed by atoms with Crippen LogP contribution in [0.4, 0.5) is 5.69 Å². The Labute approximate surface area is 126 Å². The van der Waals surface area contributed by atoms with Gasteiger partial charge in [-0.3, -0.25) is 4.79 Å². The van der Waals surface area contributed by atoms with Crippen molar-refractivity contribution in [3.05, 3.63) is 29.3 Å². The number of nitrogens with one attached hydrogen (secondary N) is 1. The van der Waals surface area contributed by atoms with Gasteiger partial charge in [0.15, 0.2) is 0 Å². The zero-order valence-electron chi connectivity index (χ0n) is 13.1. The van der Waals surface area contributed by atoms with Crippen molar-refractivity contribution < 1.29 is 9.53 Å². The summed E-state index contributed by atoms with van der Waals surface area (Å²) in [5.74, 6) is 0.678. The predicted octanol–water partition coefficient (Wildman–Crippen LogP) is 2.28. The van der Waals surface area contributed by atoms with Gasteiger partial charge in [0.05, 0.1) is 12.5 Å². The first kappa shape index (κ1) is 14.5. The Balaban J connectivity index is 1.90. The molecule has 114 valence electrons. The molecule has 0 aliphatic carbocycles. The van der Waals surface area contributed by atoms with Crippen molar-refractivity contribution in [2.75, 3.05) is 25.1 Å². The van der Waals surface area contributed by atoms with Crippen molar-refractivity contribution in [3.63, 3.8) is 0 Å². The van der Waals surface area contributed by atoms with Gasteiger partial charge in [-0.25, -0.2) is 0 Å². The molecule has 1 amide bonds. The number of nitrogens with zero attached hydrogens (tertiary/aromatic N) is 1. The molecule has 3 unspecified atom stereocenters. The van der Waals surface area contributed by atoms with Crippen molar-refractivity contribution in [1.29, 1.82) is 0 Å². The zero-order chi connectivity index (χ0) is 15.0. The minimum absolute atomic E-state index is 0.180. The Hall–Kier alpha value is -1.39. The molecule has 4 nitrogen and oxygen atoms in total. The topological polar surface area (TPSA) is 41.6 Å². The summed E-state index contributed by atoms with van der Waals surface area (Å²) >= 11 is 0. The number of rotatable bonds is 4. The van der Waals surface area contributed by atoms with Crippen molar-refractivity contribution in [2.24, 2.45) is 5.92 Å². The van der Waals surface area contributed by atoms with Gasteiger partial charge in [0, 0.05) is 31.3 Å². The summed E-state index contributed by atoms with van der Waals surface area (Å²) in [6.45, 7) is 6.08. The molecular weight excluding hydrogens is 264 g/mol. The van der Waals surface area contributed by atoms with Crippen LogP contribution in [-0.4, -0.2) is 32.2 Å². The Kier molecular flexibility index (Phi) is 4.00. The molecule has 3 atom stereocenters. The van der Waals surface area contributed by atoms with E-state index in [1.807, 2.05) is 7.05 Å². The molecule has 0 spiro atoms. The van der Waals surface area contributed by atoms with E-state index in [2.05, 4.69) is 37.4 Å². The summed E-state index contributed by atoms with van der Waals surface area (Å²) in [4.78, 5) is 13.6. The summed E-state index contributed by atoms with van der Waals surface area (Å²) in [5.41, 5.74) is 3.48. The number of likely N-dealkylation sites (N-methyl/N-ethyl adjacent to an activating group) is 1. The highest BCUT2D eigenvalue weighted by Gasteiger charge is 2.33. The van der Waals surface area contributed by atoms with E-state index in [4.69, 9.17) is 4.74 Å². The lowest BCUT2D eigenvalue weighted by molar-refractivity contribution is -0.117. The first-order chi connectivity index (χ1) is 10.1. The number of carbonyl (C=O) groups is 1. The number of anilines is 1. The van der Waals surface area contributed by atoms with E-state index in [1.54, 1.807) is 4.90 Å². The summed E-state index contributed by atoms with van der Waals surface area (Å²) in [6.07, 6.45) is 1.90. The monoisotopic (exact) mass is 288 g/mol. The Morgan fingerprint density at radius 3 is 2.95 bits per heavy atom. The summed E-state index contributed by atoms with van der Waals surface area (Å²) in [7, 11) is 1.85. The van der Waals surface area contributed by atoms with Crippen LogP contribution in [-0.2, 0) is 16.0 Å². The summed E-state index contributed by atoms with van der Waals surface area (Å²) in [5, 5.41) is 3.61. The van der Waals surface area contributed by atoms with E-state index in [1.165, 1.54) is 5.56 Å². The fraction of sp³-hybridized carbons (Fsp3) is 0.588. The highest BCUT2D eigenvalue weighted by Crippen LogP contribution is 2.36. The number of carbonyl (C=O) groups excluding carboxylic acids is 1. The lowest BCUT2D eigenvalue weighted by Crippen LogP contribution is -2.31. The fourth-order valence-corrected chi connectivity index (χ4v) is 3.61. The van der Waals surface area contributed by atoms with Crippen LogP contribution < -0.4 is 10.2 Å². The molecule has 0 bridgehead atoms. The van der Waals surface area contributed by atoms with Crippen LogP contribution in [0.25, 0.3) is 0 Å². The minimum Gasteiger partial charge on any atom is -0.378 e. The van der Waals surface area contributed by atoms with Gasteiger partial charge in [-0.2, -0.15) is 0 Å². The van der Waals surface area contributed by atoms with Crippen LogP contribution in [0.15, 0.2) is 18.2 Å². The van der Waals surface area contributed by atoms with Gasteiger partial charge in [0.25, 0.3) is 0 Å². The maximum absolute atomic E-state index is 11.8. The molecular formula is C17H24N2O2. The van der Waals surface area contributed by atoms with Crippen molar-refractivity contribution in [1.82, 2.24) is 5.32 Å². The third-order valence-electron chi connectivity index (χ3n) is 4.83. The van der Waals surface area contributed by atoms with E-state index in [0.717, 1.165) is 30.8 Å². The molecule has 0 radical (unpaired) electrons. The van der Waals surface area contributed by atoms with Gasteiger partial charge in [-0.15, -0.1) is 0 Å². The highest BCUT2D eigenvalue weighted by atomic mass is 16.5. The average Bonchev–Trinajstić information content (AvgIpc) is 3.01. The Morgan fingerprint density at radius 1 is 1.48 bits per heavy atom. The number of fused-ring (bicyclic) bond motifs is 1. The van der Waals surface area contributed by atoms with Crippen molar-refractivity contribution in [2.45, 2.75) is 38.8 Å². The number of hydrogen-bond donors (Lipinski definition) is 1. The second-order valence-electron chi connectivity index (χ2n) is 6.08. The van der Waals surface area contributed by atoms with Crippen LogP contribution in [0.2, 0.25) is 0 Å². The molecule has 1 aromatic rings. The van der Waals surface area contributed by atoms with Crippen LogP contribution in [0.5, 0.6) is 0 Å². The van der Waals surface area contributed by atoms with Crippen molar-refractivity contribution >= 4 is 11.6 Å². The molecule has 21 heavy (non-hydrogen) atoms. The third-order valence-corrected chi connectivity index (χ3v) is 4.83. The molecule has 2 aliphatic heterocycles. The standard InChI is InChI=1S/C17H24N2O2/c1-4-18-17(14-7-8-21-11(14)2)12-5-6-15-13(9-12)10-16(20)19(15)3/h5-6,9,11,14,17-18H,4,7-8,10H2,1-3H3. The lowest BCUT2D eigenvalue weighted by atomic mass is 9.87. The maximum atomic E-state index is 11.8. The minimum atomic E-state index is 0.180. The zero-order valence-corrected chi connectivity index (χ0v) is 13.1. The molecule has 3 rings (SSSR count). The smallest absolute Gasteiger partial charge is 0.231 e. The van der Waals surface area contributed by atoms with E-state index < -0.39 is 0 Å². The fourth-order valence-electron chi connectivity index (χ4n) is 3.61. The number of benzene rings is 1. The third kappa shape index (κ3) is 2.58. The van der Waals surface area contributed by atoms with Crippen LogP contribution >= 0.6 is 0 Å². The van der Waals surface area contributed by atoms with E-state index >= 15 is 0 Å². The predicted molar refractivity (Wildman–Crippen MR) is 83.5 cm³/mol. The van der Waals surface area contributed by atoms with Gasteiger partial charge >= 0.3 is 0 Å². The number of amides is 1. The second kappa shape index (κ2) is 5.78. The normalized spacial score (nSPS) is 26.2. The SMILES string of the molecule is CCNC(c1ccc2c(c1)CC(=O)N2C)C1CCOC1C.